The van der Waals surface area contributed by atoms with Crippen LogP contribution in [-0.4, -0.2) is 27.2 Å². The molecule has 2 aromatic rings. The van der Waals surface area contributed by atoms with Gasteiger partial charge in [0.2, 0.25) is 0 Å². The van der Waals surface area contributed by atoms with Crippen molar-refractivity contribution in [2.45, 2.75) is 6.61 Å². The Bertz CT molecular complexity index is 654. The van der Waals surface area contributed by atoms with E-state index in [2.05, 4.69) is 10.1 Å². The van der Waals surface area contributed by atoms with Gasteiger partial charge in [0.05, 0.1) is 0 Å². The van der Waals surface area contributed by atoms with E-state index in [1.54, 1.807) is 11.4 Å². The Kier molecular flexibility index (Phi) is 4.16. The summed E-state index contributed by atoms with van der Waals surface area (Å²) in [5.74, 6) is -0.471. The van der Waals surface area contributed by atoms with Gasteiger partial charge in [0.15, 0.2) is 28.6 Å². The van der Waals surface area contributed by atoms with Gasteiger partial charge in [-0.05, 0) is 17.7 Å². The molecule has 104 valence electrons. The number of nitrogens with two attached hydrogens (primary N) is 1. The van der Waals surface area contributed by atoms with Gasteiger partial charge in [-0.1, -0.05) is 11.2 Å². The van der Waals surface area contributed by atoms with Crippen LogP contribution in [0.2, 0.25) is 0 Å². The number of nitrogens with zero attached hydrogens (tertiary/aromatic N) is 2. The molecule has 7 nitrogen and oxygen atoms in total. The van der Waals surface area contributed by atoms with Gasteiger partial charge < -0.3 is 20.8 Å². The van der Waals surface area contributed by atoms with Crippen molar-refractivity contribution in [1.29, 1.82) is 0 Å². The van der Waals surface area contributed by atoms with Crippen molar-refractivity contribution in [3.8, 4) is 11.5 Å². The van der Waals surface area contributed by atoms with E-state index < -0.39 is 0 Å². The monoisotopic (exact) mass is 293 g/mol. The van der Waals surface area contributed by atoms with Crippen LogP contribution < -0.4 is 5.73 Å². The van der Waals surface area contributed by atoms with Gasteiger partial charge in [-0.2, -0.15) is 0 Å². The summed E-state index contributed by atoms with van der Waals surface area (Å²) in [6.45, 7) is 0.0325. The molecule has 0 aliphatic rings. The van der Waals surface area contributed by atoms with Gasteiger partial charge >= 0.3 is 0 Å². The SMILES string of the molecule is Nc1nc(/C(C=O)=N\OCc2ccc(O)c(O)c2)cs1. The van der Waals surface area contributed by atoms with Crippen LogP contribution in [-0.2, 0) is 16.2 Å². The molecule has 4 N–H and O–H groups in total. The Hall–Kier alpha value is -2.61. The first kappa shape index (κ1) is 13.8. The summed E-state index contributed by atoms with van der Waals surface area (Å²) in [5.41, 5.74) is 6.43. The second-order valence-corrected chi connectivity index (χ2v) is 4.65. The Morgan fingerprint density at radius 3 is 2.85 bits per heavy atom. The average molecular weight is 293 g/mol. The zero-order chi connectivity index (χ0) is 14.5. The lowest BCUT2D eigenvalue weighted by molar-refractivity contribution is -0.102. The normalized spacial score (nSPS) is 11.3. The van der Waals surface area contributed by atoms with Crippen LogP contribution in [0.4, 0.5) is 5.13 Å². The molecule has 0 saturated heterocycles. The van der Waals surface area contributed by atoms with Gasteiger partial charge in [-0.15, -0.1) is 11.3 Å². The van der Waals surface area contributed by atoms with Gasteiger partial charge in [0, 0.05) is 5.38 Å². The van der Waals surface area contributed by atoms with Crippen LogP contribution in [0.3, 0.4) is 0 Å². The summed E-state index contributed by atoms with van der Waals surface area (Å²) in [7, 11) is 0. The van der Waals surface area contributed by atoms with E-state index in [9.17, 15) is 9.90 Å². The number of carbonyl (C=O) groups is 1. The van der Waals surface area contributed by atoms with Crippen LogP contribution >= 0.6 is 11.3 Å². The quantitative estimate of drug-likeness (QED) is 0.330. The molecule has 0 unspecified atom stereocenters. The number of phenolic OH excluding ortho intramolecular Hbond substituents is 2. The first-order chi connectivity index (χ1) is 9.60. The number of benzene rings is 1. The van der Waals surface area contributed by atoms with Gasteiger partial charge in [0.25, 0.3) is 0 Å². The average Bonchev–Trinajstić information content (AvgIpc) is 2.85. The molecule has 1 aromatic heterocycles. The molecule has 0 aliphatic heterocycles. The predicted octanol–water partition coefficient (Wildman–Crippen LogP) is 1.26. The lowest BCUT2D eigenvalue weighted by Gasteiger charge is -2.02. The molecule has 20 heavy (non-hydrogen) atoms. The first-order valence-electron chi connectivity index (χ1n) is 5.47. The molecule has 0 aliphatic carbocycles. The molecular weight excluding hydrogens is 282 g/mol. The summed E-state index contributed by atoms with van der Waals surface area (Å²) in [4.78, 5) is 19.8. The Balaban J connectivity index is 2.04. The maximum Gasteiger partial charge on any atom is 0.180 e. The topological polar surface area (TPSA) is 118 Å². The van der Waals surface area contributed by atoms with Crippen molar-refractivity contribution in [2.24, 2.45) is 5.16 Å². The van der Waals surface area contributed by atoms with Crippen LogP contribution in [0.15, 0.2) is 28.7 Å². The fraction of sp³-hybridized carbons (Fsp3) is 0.0833. The van der Waals surface area contributed by atoms with E-state index in [1.165, 1.54) is 23.5 Å². The number of anilines is 1. The molecule has 1 aromatic carbocycles. The number of thiazole rings is 1. The zero-order valence-electron chi connectivity index (χ0n) is 10.2. The van der Waals surface area contributed by atoms with Gasteiger partial charge in [0.1, 0.15) is 12.3 Å². The van der Waals surface area contributed by atoms with E-state index in [0.29, 0.717) is 22.7 Å². The number of rotatable bonds is 5. The van der Waals surface area contributed by atoms with E-state index >= 15 is 0 Å². The van der Waals surface area contributed by atoms with Gasteiger partial charge in [-0.25, -0.2) is 4.98 Å². The van der Waals surface area contributed by atoms with Gasteiger partial charge in [-0.3, -0.25) is 4.79 Å². The summed E-state index contributed by atoms with van der Waals surface area (Å²) < 4.78 is 0. The molecule has 0 bridgehead atoms. The third-order valence-electron chi connectivity index (χ3n) is 2.33. The third-order valence-corrected chi connectivity index (χ3v) is 3.00. The summed E-state index contributed by atoms with van der Waals surface area (Å²) in [6, 6.07) is 4.23. The third kappa shape index (κ3) is 3.23. The predicted molar refractivity (Wildman–Crippen MR) is 73.7 cm³/mol. The Morgan fingerprint density at radius 1 is 1.45 bits per heavy atom. The summed E-state index contributed by atoms with van der Waals surface area (Å²) in [5, 5.41) is 24.1. The number of nitrogen functional groups attached to an aromatic ring is 1. The number of hydrogen-bond donors (Lipinski definition) is 3. The first-order valence-corrected chi connectivity index (χ1v) is 6.35. The second-order valence-electron chi connectivity index (χ2n) is 3.76. The maximum absolute atomic E-state index is 10.9. The number of aldehydes is 1. The fourth-order valence-electron chi connectivity index (χ4n) is 1.37. The Labute approximate surface area is 117 Å². The summed E-state index contributed by atoms with van der Waals surface area (Å²) in [6.07, 6.45) is 0.517. The molecule has 0 atom stereocenters. The standard InChI is InChI=1S/C12H11N3O4S/c13-12-14-9(6-20-12)8(4-16)15-19-5-7-1-2-10(17)11(18)3-7/h1-4,6,17-18H,5H2,(H2,13,14)/b15-8-. The lowest BCUT2D eigenvalue weighted by Crippen LogP contribution is -2.04. The number of carbonyl (C=O) groups excluding carboxylic acids is 1. The molecule has 8 heteroatoms. The van der Waals surface area contributed by atoms with Crippen LogP contribution in [0.1, 0.15) is 11.3 Å². The minimum atomic E-state index is -0.252. The van der Waals surface area contributed by atoms with Crippen molar-refractivity contribution in [2.75, 3.05) is 5.73 Å². The van der Waals surface area contributed by atoms with Crippen molar-refractivity contribution in [3.63, 3.8) is 0 Å². The number of hydrogen-bond acceptors (Lipinski definition) is 8. The number of oxime groups is 1. The molecule has 0 spiro atoms. The van der Waals surface area contributed by atoms with E-state index in [0.717, 1.165) is 0 Å². The van der Waals surface area contributed by atoms with E-state index in [1.807, 2.05) is 0 Å². The highest BCUT2D eigenvalue weighted by Crippen LogP contribution is 2.25. The number of aromatic hydroxyl groups is 2. The second kappa shape index (κ2) is 6.02. The molecule has 0 saturated carbocycles. The van der Waals surface area contributed by atoms with Crippen molar-refractivity contribution < 1.29 is 19.8 Å². The largest absolute Gasteiger partial charge is 0.504 e. The minimum Gasteiger partial charge on any atom is -0.504 e. The van der Waals surface area contributed by atoms with Crippen molar-refractivity contribution in [3.05, 3.63) is 34.8 Å². The molecule has 1 heterocycles. The number of aromatic nitrogens is 1. The minimum absolute atomic E-state index is 0.0287. The highest BCUT2D eigenvalue weighted by atomic mass is 32.1. The summed E-state index contributed by atoms with van der Waals surface area (Å²) >= 11 is 1.19. The van der Waals surface area contributed by atoms with Crippen molar-refractivity contribution >= 4 is 28.5 Å². The molecular formula is C12H11N3O4S. The highest BCUT2D eigenvalue weighted by molar-refractivity contribution is 7.13. The molecule has 0 amide bonds. The van der Waals surface area contributed by atoms with Crippen LogP contribution in [0.5, 0.6) is 11.5 Å². The van der Waals surface area contributed by atoms with E-state index in [-0.39, 0.29) is 23.8 Å². The smallest absolute Gasteiger partial charge is 0.180 e. The highest BCUT2D eigenvalue weighted by Gasteiger charge is 2.08. The van der Waals surface area contributed by atoms with Crippen LogP contribution in [0.25, 0.3) is 0 Å². The molecule has 0 fully saturated rings. The Morgan fingerprint density at radius 2 is 2.25 bits per heavy atom. The number of phenols is 2. The fourth-order valence-corrected chi connectivity index (χ4v) is 1.93. The lowest BCUT2D eigenvalue weighted by atomic mass is 10.2. The maximum atomic E-state index is 10.9. The van der Waals surface area contributed by atoms with E-state index in [4.69, 9.17) is 15.7 Å². The van der Waals surface area contributed by atoms with Crippen LogP contribution in [0, 0.1) is 0 Å². The van der Waals surface area contributed by atoms with Crippen molar-refractivity contribution in [1.82, 2.24) is 4.98 Å². The molecule has 0 radical (unpaired) electrons. The molecule has 2 rings (SSSR count). The zero-order valence-corrected chi connectivity index (χ0v) is 11.0.